The number of aromatic nitrogens is 1. The Balaban J connectivity index is 1.45. The molecule has 1 aromatic carbocycles. The zero-order valence-corrected chi connectivity index (χ0v) is 14.1. The lowest BCUT2D eigenvalue weighted by Crippen LogP contribution is -2.18. The molecule has 0 amide bonds. The van der Waals surface area contributed by atoms with Crippen LogP contribution < -0.4 is 0 Å². The highest BCUT2D eigenvalue weighted by Crippen LogP contribution is 2.33. The van der Waals surface area contributed by atoms with Crippen molar-refractivity contribution in [2.24, 2.45) is 0 Å². The summed E-state index contributed by atoms with van der Waals surface area (Å²) in [5, 5.41) is 0. The van der Waals surface area contributed by atoms with Crippen molar-refractivity contribution in [3.63, 3.8) is 0 Å². The van der Waals surface area contributed by atoms with E-state index in [0.717, 1.165) is 13.1 Å². The molecular formula is C21H18N2S. The zero-order valence-electron chi connectivity index (χ0n) is 13.3. The van der Waals surface area contributed by atoms with E-state index in [1.807, 2.05) is 23.7 Å². The molecule has 0 N–H and O–H groups in total. The summed E-state index contributed by atoms with van der Waals surface area (Å²) in [6.45, 7) is 1.90. The first-order valence-corrected chi connectivity index (χ1v) is 8.87. The van der Waals surface area contributed by atoms with Gasteiger partial charge in [0.15, 0.2) is 0 Å². The number of pyridine rings is 1. The lowest BCUT2D eigenvalue weighted by Gasteiger charge is -2.22. The Bertz CT molecular complexity index is 863. The van der Waals surface area contributed by atoms with Gasteiger partial charge in [-0.3, -0.25) is 4.98 Å². The van der Waals surface area contributed by atoms with E-state index in [2.05, 4.69) is 82.8 Å². The van der Waals surface area contributed by atoms with Crippen LogP contribution in [0.4, 0.5) is 0 Å². The van der Waals surface area contributed by atoms with Crippen molar-refractivity contribution in [1.82, 2.24) is 9.88 Å². The standard InChI is InChI=1S/C21H18N2S/c1-2-4-17(5-3-1)16-23-14-10-19(11-15-23)21-7-6-20(24-21)18-8-12-22-13-9-18/h1-14H,15-16H2. The fourth-order valence-electron chi connectivity index (χ4n) is 2.81. The Morgan fingerprint density at radius 1 is 0.917 bits per heavy atom. The molecule has 0 radical (unpaired) electrons. The van der Waals surface area contributed by atoms with Gasteiger partial charge in [-0.15, -0.1) is 11.3 Å². The second-order valence-corrected chi connectivity index (χ2v) is 6.87. The van der Waals surface area contributed by atoms with Crippen LogP contribution in [0, 0.1) is 0 Å². The SMILES string of the molecule is C1=CN(Cc2ccccc2)CC=C1c1ccc(-c2ccncc2)s1. The van der Waals surface area contributed by atoms with Crippen LogP contribution in [0.25, 0.3) is 16.0 Å². The predicted octanol–water partition coefficient (Wildman–Crippen LogP) is 5.22. The highest BCUT2D eigenvalue weighted by molar-refractivity contribution is 7.16. The van der Waals surface area contributed by atoms with Gasteiger partial charge in [0.2, 0.25) is 0 Å². The average Bonchev–Trinajstić information content (AvgIpc) is 3.14. The summed E-state index contributed by atoms with van der Waals surface area (Å²) in [4.78, 5) is 9.02. The van der Waals surface area contributed by atoms with Gasteiger partial charge in [-0.05, 0) is 47.0 Å². The predicted molar refractivity (Wildman–Crippen MR) is 102 cm³/mol. The Morgan fingerprint density at radius 3 is 2.46 bits per heavy atom. The number of hydrogen-bond acceptors (Lipinski definition) is 3. The molecule has 118 valence electrons. The minimum Gasteiger partial charge on any atom is -0.369 e. The highest BCUT2D eigenvalue weighted by atomic mass is 32.1. The van der Waals surface area contributed by atoms with Gasteiger partial charge in [-0.2, -0.15) is 0 Å². The van der Waals surface area contributed by atoms with E-state index in [9.17, 15) is 0 Å². The van der Waals surface area contributed by atoms with Crippen LogP contribution in [-0.2, 0) is 6.54 Å². The molecule has 1 aliphatic heterocycles. The maximum Gasteiger partial charge on any atom is 0.0427 e. The summed E-state index contributed by atoms with van der Waals surface area (Å²) in [6.07, 6.45) is 10.4. The van der Waals surface area contributed by atoms with E-state index < -0.39 is 0 Å². The number of rotatable bonds is 4. The van der Waals surface area contributed by atoms with Crippen LogP contribution in [0.15, 0.2) is 85.3 Å². The van der Waals surface area contributed by atoms with Crippen LogP contribution in [0.5, 0.6) is 0 Å². The first-order chi connectivity index (χ1) is 11.9. The monoisotopic (exact) mass is 330 g/mol. The van der Waals surface area contributed by atoms with E-state index in [4.69, 9.17) is 0 Å². The van der Waals surface area contributed by atoms with E-state index in [1.165, 1.54) is 26.5 Å². The first kappa shape index (κ1) is 14.9. The Kier molecular flexibility index (Phi) is 4.26. The van der Waals surface area contributed by atoms with Gasteiger partial charge in [0.1, 0.15) is 0 Å². The molecule has 24 heavy (non-hydrogen) atoms. The number of nitrogens with zero attached hydrogens (tertiary/aromatic N) is 2. The summed E-state index contributed by atoms with van der Waals surface area (Å²) >= 11 is 1.83. The molecular weight excluding hydrogens is 312 g/mol. The summed E-state index contributed by atoms with van der Waals surface area (Å²) in [6, 6.07) is 19.1. The third-order valence-corrected chi connectivity index (χ3v) is 5.28. The molecule has 3 heteroatoms. The molecule has 0 atom stereocenters. The molecule has 0 bridgehead atoms. The minimum absolute atomic E-state index is 0.948. The van der Waals surface area contributed by atoms with Crippen molar-refractivity contribution in [2.45, 2.75) is 6.54 Å². The van der Waals surface area contributed by atoms with E-state index in [0.29, 0.717) is 0 Å². The third kappa shape index (κ3) is 3.31. The highest BCUT2D eigenvalue weighted by Gasteiger charge is 2.10. The molecule has 0 saturated carbocycles. The van der Waals surface area contributed by atoms with Crippen molar-refractivity contribution < 1.29 is 0 Å². The average molecular weight is 330 g/mol. The Hall–Kier alpha value is -2.65. The third-order valence-electron chi connectivity index (χ3n) is 4.09. The smallest absolute Gasteiger partial charge is 0.0427 e. The lowest BCUT2D eigenvalue weighted by molar-refractivity contribution is 0.406. The van der Waals surface area contributed by atoms with Crippen LogP contribution in [-0.4, -0.2) is 16.4 Å². The maximum absolute atomic E-state index is 4.09. The van der Waals surface area contributed by atoms with Gasteiger partial charge in [0, 0.05) is 41.4 Å². The topological polar surface area (TPSA) is 16.1 Å². The molecule has 3 heterocycles. The second kappa shape index (κ2) is 6.85. The van der Waals surface area contributed by atoms with Gasteiger partial charge in [-0.25, -0.2) is 0 Å². The lowest BCUT2D eigenvalue weighted by atomic mass is 10.1. The van der Waals surface area contributed by atoms with Crippen molar-refractivity contribution in [2.75, 3.05) is 6.54 Å². The fraction of sp³-hybridized carbons (Fsp3) is 0.0952. The molecule has 2 aromatic heterocycles. The first-order valence-electron chi connectivity index (χ1n) is 8.05. The van der Waals surface area contributed by atoms with E-state index in [1.54, 1.807) is 0 Å². The molecule has 4 rings (SSSR count). The molecule has 0 spiro atoms. The Morgan fingerprint density at radius 2 is 1.71 bits per heavy atom. The summed E-state index contributed by atoms with van der Waals surface area (Å²) in [7, 11) is 0. The normalized spacial score (nSPS) is 13.8. The summed E-state index contributed by atoms with van der Waals surface area (Å²) in [5.41, 5.74) is 3.88. The molecule has 0 fully saturated rings. The van der Waals surface area contributed by atoms with Gasteiger partial charge in [0.05, 0.1) is 0 Å². The maximum atomic E-state index is 4.09. The molecule has 1 aliphatic rings. The van der Waals surface area contributed by atoms with Gasteiger partial charge in [-0.1, -0.05) is 36.4 Å². The minimum atomic E-state index is 0.948. The van der Waals surface area contributed by atoms with Crippen LogP contribution >= 0.6 is 11.3 Å². The van der Waals surface area contributed by atoms with Crippen molar-refractivity contribution in [3.05, 3.63) is 95.8 Å². The molecule has 0 unspecified atom stereocenters. The second-order valence-electron chi connectivity index (χ2n) is 5.79. The van der Waals surface area contributed by atoms with Crippen molar-refractivity contribution in [3.8, 4) is 10.4 Å². The number of allylic oxidation sites excluding steroid dienone is 2. The molecule has 2 nitrogen and oxygen atoms in total. The van der Waals surface area contributed by atoms with E-state index >= 15 is 0 Å². The van der Waals surface area contributed by atoms with E-state index in [-0.39, 0.29) is 0 Å². The van der Waals surface area contributed by atoms with Gasteiger partial charge < -0.3 is 4.90 Å². The van der Waals surface area contributed by atoms with Crippen molar-refractivity contribution in [1.29, 1.82) is 0 Å². The van der Waals surface area contributed by atoms with Crippen LogP contribution in [0.2, 0.25) is 0 Å². The quantitative estimate of drug-likeness (QED) is 0.652. The molecule has 3 aromatic rings. The molecule has 0 saturated heterocycles. The summed E-state index contributed by atoms with van der Waals surface area (Å²) < 4.78 is 0. The van der Waals surface area contributed by atoms with Gasteiger partial charge in [0.25, 0.3) is 0 Å². The van der Waals surface area contributed by atoms with Gasteiger partial charge >= 0.3 is 0 Å². The van der Waals surface area contributed by atoms with Crippen LogP contribution in [0.1, 0.15) is 10.4 Å². The zero-order chi connectivity index (χ0) is 16.2. The Labute approximate surface area is 146 Å². The van der Waals surface area contributed by atoms with Crippen molar-refractivity contribution >= 4 is 16.9 Å². The largest absolute Gasteiger partial charge is 0.369 e. The van der Waals surface area contributed by atoms with Crippen LogP contribution in [0.3, 0.4) is 0 Å². The number of benzene rings is 1. The summed E-state index contributed by atoms with van der Waals surface area (Å²) in [5.74, 6) is 0. The number of thiophene rings is 1. The fourth-order valence-corrected chi connectivity index (χ4v) is 3.84. The molecule has 0 aliphatic carbocycles. The number of hydrogen-bond donors (Lipinski definition) is 0.